The molecular weight excluding hydrogens is 1000 g/mol. The second kappa shape index (κ2) is 30.5. The van der Waals surface area contributed by atoms with E-state index >= 15 is 0 Å². The molecule has 0 aliphatic carbocycles. The molecule has 2 aromatic rings. The number of phosphoric acid groups is 3. The number of amides is 2. The summed E-state index contributed by atoms with van der Waals surface area (Å²) in [4.78, 5) is 88.5. The molecule has 0 radical (unpaired) electrons. The van der Waals surface area contributed by atoms with Crippen molar-refractivity contribution < 1.29 is 85.6 Å². The fraction of sp³-hybridized carbons (Fsp3) is 0.756. The molecule has 2 aromatic heterocycles. The van der Waals surface area contributed by atoms with Crippen LogP contribution in [0.1, 0.15) is 130 Å². The Morgan fingerprint density at radius 2 is 1.53 bits per heavy atom. The molecular formula is C41H72N7O18P3S. The zero-order valence-corrected chi connectivity index (χ0v) is 43.4. The van der Waals surface area contributed by atoms with Crippen molar-refractivity contribution >= 4 is 69.1 Å². The van der Waals surface area contributed by atoms with Crippen molar-refractivity contribution in [3.8, 4) is 0 Å². The minimum Gasteiger partial charge on any atom is -0.393 e. The van der Waals surface area contributed by atoms with Crippen molar-refractivity contribution in [3.63, 3.8) is 0 Å². The van der Waals surface area contributed by atoms with Crippen LogP contribution in [0.5, 0.6) is 0 Å². The number of imidazole rings is 1. The highest BCUT2D eigenvalue weighted by Gasteiger charge is 2.50. The van der Waals surface area contributed by atoms with Crippen LogP contribution in [-0.2, 0) is 50.7 Å². The summed E-state index contributed by atoms with van der Waals surface area (Å²) in [6.07, 6.45) is 12.7. The third kappa shape index (κ3) is 23.0. The van der Waals surface area contributed by atoms with E-state index in [1.807, 2.05) is 0 Å². The number of nitrogens with one attached hydrogen (secondary N) is 2. The van der Waals surface area contributed by atoms with Crippen LogP contribution in [0.15, 0.2) is 24.8 Å². The fourth-order valence-electron chi connectivity index (χ4n) is 7.10. The van der Waals surface area contributed by atoms with Crippen molar-refractivity contribution in [2.75, 3.05) is 37.8 Å². The second-order valence-corrected chi connectivity index (χ2v) is 22.9. The molecule has 400 valence electrons. The lowest BCUT2D eigenvalue weighted by molar-refractivity contribution is -0.137. The van der Waals surface area contributed by atoms with E-state index in [2.05, 4.69) is 53.5 Å². The zero-order valence-electron chi connectivity index (χ0n) is 39.9. The van der Waals surface area contributed by atoms with Crippen LogP contribution in [-0.4, -0.2) is 134 Å². The monoisotopic (exact) mass is 1080 g/mol. The number of allylic oxidation sites excluding steroid dienone is 2. The maximum atomic E-state index is 12.8. The molecule has 1 aliphatic heterocycles. The summed E-state index contributed by atoms with van der Waals surface area (Å²) in [5, 5.41) is 36.6. The van der Waals surface area contributed by atoms with Crippen LogP contribution < -0.4 is 16.4 Å². The fourth-order valence-corrected chi connectivity index (χ4v) is 10.7. The van der Waals surface area contributed by atoms with Gasteiger partial charge in [0.1, 0.15) is 36.3 Å². The summed E-state index contributed by atoms with van der Waals surface area (Å²) in [6, 6.07) is 0. The number of hydrogen-bond donors (Lipinski definition) is 10. The highest BCUT2D eigenvalue weighted by atomic mass is 32.2. The summed E-state index contributed by atoms with van der Waals surface area (Å²) in [5.74, 6) is -1.22. The van der Waals surface area contributed by atoms with Crippen LogP contribution >= 0.6 is 35.2 Å². The quantitative estimate of drug-likeness (QED) is 0.0256. The molecule has 70 heavy (non-hydrogen) atoms. The molecule has 29 heteroatoms. The van der Waals surface area contributed by atoms with E-state index < -0.39 is 90.7 Å². The molecule has 11 N–H and O–H groups in total. The maximum Gasteiger partial charge on any atom is 0.481 e. The van der Waals surface area contributed by atoms with Crippen molar-refractivity contribution in [1.29, 1.82) is 0 Å². The van der Waals surface area contributed by atoms with E-state index in [1.165, 1.54) is 65.2 Å². The number of nitrogens with zero attached hydrogens (tertiary/aromatic N) is 4. The molecule has 3 heterocycles. The third-order valence-electron chi connectivity index (χ3n) is 11.0. The molecule has 25 nitrogen and oxygen atoms in total. The number of carbonyl (C=O) groups excluding carboxylic acids is 3. The van der Waals surface area contributed by atoms with Crippen LogP contribution in [0.4, 0.5) is 5.82 Å². The first-order valence-corrected chi connectivity index (χ1v) is 28.8. The van der Waals surface area contributed by atoms with Crippen molar-refractivity contribution in [1.82, 2.24) is 30.2 Å². The molecule has 0 aromatic carbocycles. The summed E-state index contributed by atoms with van der Waals surface area (Å²) in [7, 11) is -16.4. The number of carbonyl (C=O) groups is 3. The SMILES string of the molecule is CCCCCC/C=C\CCCCCCCCC[C@H](O)CC(=O)SCCNC(=O)CCNC(=O)[C@H](O)C(C)(C)COP(=O)(O)OP(=O)(O)OC[C@H]1O[C@@H](n2cnc3c(N)ncnc32)[C@H](O)[C@@H]1OP(=O)(O)O. The van der Waals surface area contributed by atoms with Gasteiger partial charge in [0, 0.05) is 37.1 Å². The summed E-state index contributed by atoms with van der Waals surface area (Å²) in [5.41, 5.74) is 4.26. The molecule has 1 saturated heterocycles. The largest absolute Gasteiger partial charge is 0.481 e. The maximum absolute atomic E-state index is 12.8. The molecule has 8 atom stereocenters. The van der Waals surface area contributed by atoms with Gasteiger partial charge < -0.3 is 56.0 Å². The van der Waals surface area contributed by atoms with Gasteiger partial charge in [-0.1, -0.05) is 102 Å². The average Bonchev–Trinajstić information content (AvgIpc) is 3.84. The number of phosphoric ester groups is 3. The van der Waals surface area contributed by atoms with E-state index in [9.17, 15) is 63.0 Å². The number of fused-ring (bicyclic) bond motifs is 1. The van der Waals surface area contributed by atoms with Crippen molar-refractivity contribution in [3.05, 3.63) is 24.8 Å². The molecule has 2 amide bonds. The Kier molecular flexibility index (Phi) is 26.8. The average molecular weight is 1080 g/mol. The Labute approximate surface area is 411 Å². The van der Waals surface area contributed by atoms with Crippen molar-refractivity contribution in [2.24, 2.45) is 5.41 Å². The number of hydrogen-bond acceptors (Lipinski definition) is 19. The summed E-state index contributed by atoms with van der Waals surface area (Å²) < 4.78 is 62.4. The molecule has 2 unspecified atom stereocenters. The molecule has 1 aliphatic rings. The number of rotatable bonds is 36. The van der Waals surface area contributed by atoms with Gasteiger partial charge in [0.15, 0.2) is 22.8 Å². The molecule has 3 rings (SSSR count). The topological polar surface area (TPSA) is 384 Å². The first kappa shape index (κ1) is 61.6. The van der Waals surface area contributed by atoms with Gasteiger partial charge in [-0.15, -0.1) is 0 Å². The second-order valence-electron chi connectivity index (χ2n) is 17.5. The van der Waals surface area contributed by atoms with Gasteiger partial charge in [-0.05, 0) is 32.1 Å². The Bertz CT molecular complexity index is 2120. The van der Waals surface area contributed by atoms with Gasteiger partial charge in [-0.3, -0.25) is 32.5 Å². The number of nitrogens with two attached hydrogens (primary N) is 1. The lowest BCUT2D eigenvalue weighted by Crippen LogP contribution is -2.46. The Morgan fingerprint density at radius 3 is 2.19 bits per heavy atom. The molecule has 0 spiro atoms. The Morgan fingerprint density at radius 1 is 0.900 bits per heavy atom. The summed E-state index contributed by atoms with van der Waals surface area (Å²) in [6.45, 7) is 2.62. The van der Waals surface area contributed by atoms with Crippen molar-refractivity contribution in [2.45, 2.75) is 160 Å². The van der Waals surface area contributed by atoms with E-state index in [0.717, 1.165) is 61.1 Å². The van der Waals surface area contributed by atoms with Crippen LogP contribution in [0, 0.1) is 5.41 Å². The lowest BCUT2D eigenvalue weighted by Gasteiger charge is -2.30. The van der Waals surface area contributed by atoms with E-state index in [4.69, 9.17) is 19.5 Å². The number of aliphatic hydroxyl groups excluding tert-OH is 3. The number of aromatic nitrogens is 4. The standard InChI is InChI=1S/C41H72N7O18P3S/c1-4-5-6-7-8-9-10-11-12-13-14-15-16-17-18-19-29(49)24-32(51)70-23-22-43-31(50)20-21-44-39(54)36(53)41(2,3)26-63-69(60,61)66-68(58,59)62-25-30-35(65-67(55,56)57)34(52)40(64-30)48-28-47-33-37(42)45-27-46-38(33)48/h9-10,27-30,34-36,40,49,52-53H,4-8,11-26H2,1-3H3,(H,43,50)(H,44,54)(H,58,59)(H,60,61)(H2,42,45,46)(H2,55,56,57)/b10-9-/t29-,30+,34+,35+,36-,40+/m0/s1. The third-order valence-corrected chi connectivity index (χ3v) is 15.0. The van der Waals surface area contributed by atoms with Crippen LogP contribution in [0.2, 0.25) is 0 Å². The number of nitrogen functional groups attached to an aromatic ring is 1. The molecule has 0 saturated carbocycles. The zero-order chi connectivity index (χ0) is 52.0. The first-order chi connectivity index (χ1) is 32.9. The van der Waals surface area contributed by atoms with Crippen LogP contribution in [0.25, 0.3) is 11.2 Å². The molecule has 0 bridgehead atoms. The Balaban J connectivity index is 1.29. The van der Waals surface area contributed by atoms with Gasteiger partial charge in [0.25, 0.3) is 0 Å². The number of anilines is 1. The van der Waals surface area contributed by atoms with Gasteiger partial charge in [0.2, 0.25) is 11.8 Å². The minimum atomic E-state index is -5.59. The van der Waals surface area contributed by atoms with E-state index in [-0.39, 0.29) is 53.8 Å². The minimum absolute atomic E-state index is 0.0205. The normalized spacial score (nSPS) is 20.3. The summed E-state index contributed by atoms with van der Waals surface area (Å²) >= 11 is 0.998. The van der Waals surface area contributed by atoms with Gasteiger partial charge in [-0.2, -0.15) is 4.31 Å². The molecule has 1 fully saturated rings. The smallest absolute Gasteiger partial charge is 0.393 e. The number of thioether (sulfide) groups is 1. The Hall–Kier alpha value is -2.74. The number of aliphatic hydroxyl groups is 3. The lowest BCUT2D eigenvalue weighted by atomic mass is 9.87. The van der Waals surface area contributed by atoms with Gasteiger partial charge >= 0.3 is 23.5 Å². The van der Waals surface area contributed by atoms with Gasteiger partial charge in [-0.25, -0.2) is 28.6 Å². The van der Waals surface area contributed by atoms with Crippen LogP contribution in [0.3, 0.4) is 0 Å². The van der Waals surface area contributed by atoms with E-state index in [0.29, 0.717) is 6.42 Å². The first-order valence-electron chi connectivity index (χ1n) is 23.3. The number of unbranched alkanes of at least 4 members (excludes halogenated alkanes) is 11. The predicted molar refractivity (Wildman–Crippen MR) is 257 cm³/mol. The predicted octanol–water partition coefficient (Wildman–Crippen LogP) is 4.45. The number of ether oxygens (including phenoxy) is 1. The van der Waals surface area contributed by atoms with Gasteiger partial charge in [0.05, 0.1) is 25.6 Å². The van der Waals surface area contributed by atoms with E-state index in [1.54, 1.807) is 0 Å². The highest BCUT2D eigenvalue weighted by Crippen LogP contribution is 2.61. The highest BCUT2D eigenvalue weighted by molar-refractivity contribution is 8.13.